The topological polar surface area (TPSA) is 57.6 Å². The van der Waals surface area contributed by atoms with Crippen molar-refractivity contribution in [3.63, 3.8) is 0 Å². The molecule has 2 rings (SSSR count). The quantitative estimate of drug-likeness (QED) is 0.785. The molecule has 1 aliphatic carbocycles. The van der Waals surface area contributed by atoms with Gasteiger partial charge in [-0.1, -0.05) is 20.8 Å². The molecule has 2 atom stereocenters. The number of carbonyl (C=O) groups is 2. The second-order valence-corrected chi connectivity index (χ2v) is 5.88. The molecule has 2 fully saturated rings. The molecule has 90 valence electrons. The molecule has 16 heavy (non-hydrogen) atoms. The van der Waals surface area contributed by atoms with Gasteiger partial charge in [-0.05, 0) is 11.8 Å². The van der Waals surface area contributed by atoms with Crippen molar-refractivity contribution in [1.82, 2.24) is 4.90 Å². The van der Waals surface area contributed by atoms with Crippen LogP contribution in [0.4, 0.5) is 0 Å². The van der Waals surface area contributed by atoms with Crippen LogP contribution in [0.2, 0.25) is 0 Å². The Balaban J connectivity index is 1.81. The summed E-state index contributed by atoms with van der Waals surface area (Å²) in [5, 5.41) is 8.84. The minimum absolute atomic E-state index is 0.142. The molecular formula is C12H19NO3. The third-order valence-corrected chi connectivity index (χ3v) is 4.13. The molecule has 1 aliphatic heterocycles. The summed E-state index contributed by atoms with van der Waals surface area (Å²) in [5.41, 5.74) is 0.167. The summed E-state index contributed by atoms with van der Waals surface area (Å²) < 4.78 is 0. The van der Waals surface area contributed by atoms with Gasteiger partial charge in [0.25, 0.3) is 0 Å². The first-order valence-electron chi connectivity index (χ1n) is 5.84. The summed E-state index contributed by atoms with van der Waals surface area (Å²) in [6.45, 7) is 7.17. The molecule has 0 aromatic carbocycles. The largest absolute Gasteiger partial charge is 0.481 e. The highest BCUT2D eigenvalue weighted by Crippen LogP contribution is 2.53. The van der Waals surface area contributed by atoms with Crippen molar-refractivity contribution in [3.05, 3.63) is 0 Å². The molecule has 1 heterocycles. The third kappa shape index (κ3) is 1.81. The van der Waals surface area contributed by atoms with Gasteiger partial charge < -0.3 is 10.0 Å². The standard InChI is InChI=1S/C12H19NO3/c1-7(11(15)16)8-5-13(6-8)10(14)9-4-12(9,2)3/h7-9H,4-6H2,1-3H3,(H,15,16). The Morgan fingerprint density at radius 2 is 1.88 bits per heavy atom. The highest BCUT2D eigenvalue weighted by atomic mass is 16.4. The molecular weight excluding hydrogens is 206 g/mol. The van der Waals surface area contributed by atoms with Crippen LogP contribution in [0.5, 0.6) is 0 Å². The monoisotopic (exact) mass is 225 g/mol. The molecule has 0 aromatic rings. The number of hydrogen-bond acceptors (Lipinski definition) is 2. The average Bonchev–Trinajstić information content (AvgIpc) is 2.72. The molecule has 0 radical (unpaired) electrons. The van der Waals surface area contributed by atoms with Gasteiger partial charge in [-0.25, -0.2) is 0 Å². The third-order valence-electron chi connectivity index (χ3n) is 4.13. The van der Waals surface area contributed by atoms with Crippen molar-refractivity contribution in [1.29, 1.82) is 0 Å². The lowest BCUT2D eigenvalue weighted by molar-refractivity contribution is -0.151. The number of carboxylic acids is 1. The molecule has 0 aromatic heterocycles. The van der Waals surface area contributed by atoms with Crippen molar-refractivity contribution in [2.45, 2.75) is 27.2 Å². The fraction of sp³-hybridized carbons (Fsp3) is 0.833. The molecule has 2 aliphatic rings. The van der Waals surface area contributed by atoms with Crippen LogP contribution in [0.3, 0.4) is 0 Å². The minimum Gasteiger partial charge on any atom is -0.481 e. The second-order valence-electron chi connectivity index (χ2n) is 5.88. The van der Waals surface area contributed by atoms with Crippen molar-refractivity contribution in [2.75, 3.05) is 13.1 Å². The van der Waals surface area contributed by atoms with E-state index in [2.05, 4.69) is 13.8 Å². The van der Waals surface area contributed by atoms with E-state index in [4.69, 9.17) is 5.11 Å². The first-order chi connectivity index (χ1) is 7.33. The fourth-order valence-electron chi connectivity index (χ4n) is 2.32. The number of nitrogens with zero attached hydrogens (tertiary/aromatic N) is 1. The summed E-state index contributed by atoms with van der Waals surface area (Å²) in [6.07, 6.45) is 0.974. The van der Waals surface area contributed by atoms with E-state index in [1.165, 1.54) is 0 Å². The van der Waals surface area contributed by atoms with Crippen LogP contribution in [0.15, 0.2) is 0 Å². The predicted molar refractivity (Wildman–Crippen MR) is 58.8 cm³/mol. The number of amides is 1. The van der Waals surface area contributed by atoms with Crippen molar-refractivity contribution >= 4 is 11.9 Å². The van der Waals surface area contributed by atoms with Gasteiger partial charge in [-0.3, -0.25) is 9.59 Å². The Labute approximate surface area is 95.6 Å². The maximum absolute atomic E-state index is 11.9. The Kier molecular flexibility index (Phi) is 2.48. The van der Waals surface area contributed by atoms with Gasteiger partial charge in [0.15, 0.2) is 0 Å². The van der Waals surface area contributed by atoms with Gasteiger partial charge in [0.2, 0.25) is 5.91 Å². The number of rotatable bonds is 3. The molecule has 1 N–H and O–H groups in total. The Morgan fingerprint density at radius 1 is 1.38 bits per heavy atom. The van der Waals surface area contributed by atoms with Gasteiger partial charge in [0.05, 0.1) is 5.92 Å². The predicted octanol–water partition coefficient (Wildman–Crippen LogP) is 1.21. The normalized spacial score (nSPS) is 29.4. The molecule has 4 heteroatoms. The van der Waals surface area contributed by atoms with Gasteiger partial charge in [-0.2, -0.15) is 0 Å². The highest BCUT2D eigenvalue weighted by molar-refractivity contribution is 5.83. The smallest absolute Gasteiger partial charge is 0.306 e. The summed E-state index contributed by atoms with van der Waals surface area (Å²) in [4.78, 5) is 24.5. The lowest BCUT2D eigenvalue weighted by Crippen LogP contribution is -2.54. The average molecular weight is 225 g/mol. The maximum atomic E-state index is 11.9. The number of carboxylic acid groups (broad SMARTS) is 1. The molecule has 0 spiro atoms. The Bertz CT molecular complexity index is 331. The first kappa shape index (κ1) is 11.4. The second kappa shape index (κ2) is 3.47. The first-order valence-corrected chi connectivity index (χ1v) is 5.84. The molecule has 2 unspecified atom stereocenters. The van der Waals surface area contributed by atoms with E-state index in [1.807, 2.05) is 4.90 Å². The number of carbonyl (C=O) groups excluding carboxylic acids is 1. The SMILES string of the molecule is CC(C(=O)O)C1CN(C(=O)C2CC2(C)C)C1. The number of aliphatic carboxylic acids is 1. The van der Waals surface area contributed by atoms with Crippen LogP contribution in [0.1, 0.15) is 27.2 Å². The van der Waals surface area contributed by atoms with Crippen molar-refractivity contribution in [2.24, 2.45) is 23.2 Å². The number of hydrogen-bond donors (Lipinski definition) is 1. The molecule has 4 nitrogen and oxygen atoms in total. The van der Waals surface area contributed by atoms with Crippen LogP contribution in [0, 0.1) is 23.2 Å². The summed E-state index contributed by atoms with van der Waals surface area (Å²) in [7, 11) is 0. The zero-order valence-corrected chi connectivity index (χ0v) is 10.1. The summed E-state index contributed by atoms with van der Waals surface area (Å²) >= 11 is 0. The van der Waals surface area contributed by atoms with E-state index < -0.39 is 5.97 Å². The lowest BCUT2D eigenvalue weighted by Gasteiger charge is -2.41. The highest BCUT2D eigenvalue weighted by Gasteiger charge is 2.53. The van der Waals surface area contributed by atoms with E-state index in [9.17, 15) is 9.59 Å². The number of likely N-dealkylation sites (tertiary alicyclic amines) is 1. The molecule has 1 amide bonds. The van der Waals surface area contributed by atoms with Gasteiger partial charge in [-0.15, -0.1) is 0 Å². The van der Waals surface area contributed by atoms with E-state index in [-0.39, 0.29) is 29.1 Å². The lowest BCUT2D eigenvalue weighted by atomic mass is 9.86. The van der Waals surface area contributed by atoms with E-state index >= 15 is 0 Å². The summed E-state index contributed by atoms with van der Waals surface area (Å²) in [5.74, 6) is -0.559. The Morgan fingerprint density at radius 3 is 2.25 bits per heavy atom. The zero-order chi connectivity index (χ0) is 12.1. The van der Waals surface area contributed by atoms with Gasteiger partial charge >= 0.3 is 5.97 Å². The summed E-state index contributed by atoms with van der Waals surface area (Å²) in [6, 6.07) is 0. The van der Waals surface area contributed by atoms with Crippen LogP contribution >= 0.6 is 0 Å². The van der Waals surface area contributed by atoms with Gasteiger partial charge in [0.1, 0.15) is 0 Å². The van der Waals surface area contributed by atoms with E-state index in [0.717, 1.165) is 6.42 Å². The van der Waals surface area contributed by atoms with Crippen molar-refractivity contribution in [3.8, 4) is 0 Å². The van der Waals surface area contributed by atoms with Crippen molar-refractivity contribution < 1.29 is 14.7 Å². The zero-order valence-electron chi connectivity index (χ0n) is 10.1. The molecule has 1 saturated heterocycles. The Hall–Kier alpha value is -1.06. The van der Waals surface area contributed by atoms with E-state index in [0.29, 0.717) is 13.1 Å². The fourth-order valence-corrected chi connectivity index (χ4v) is 2.32. The molecule has 0 bridgehead atoms. The van der Waals surface area contributed by atoms with Crippen LogP contribution in [-0.2, 0) is 9.59 Å². The van der Waals surface area contributed by atoms with E-state index in [1.54, 1.807) is 6.92 Å². The van der Waals surface area contributed by atoms with Gasteiger partial charge in [0, 0.05) is 24.9 Å². The van der Waals surface area contributed by atoms with Crippen LogP contribution in [0.25, 0.3) is 0 Å². The molecule has 1 saturated carbocycles. The minimum atomic E-state index is -0.760. The van der Waals surface area contributed by atoms with Crippen LogP contribution < -0.4 is 0 Å². The van der Waals surface area contributed by atoms with Crippen LogP contribution in [-0.4, -0.2) is 35.0 Å². The maximum Gasteiger partial charge on any atom is 0.306 e.